The number of aryl methyl sites for hydroxylation is 2. The molecule has 0 saturated heterocycles. The smallest absolute Gasteiger partial charge is 0.312 e. The molecule has 0 bridgehead atoms. The molecular weight excluding hydrogens is 286 g/mol. The molecular formula is C15H17N3O2S. The molecule has 21 heavy (non-hydrogen) atoms. The highest BCUT2D eigenvalue weighted by atomic mass is 32.1. The van der Waals surface area contributed by atoms with Crippen LogP contribution in [-0.4, -0.2) is 21.0 Å². The molecule has 0 saturated carbocycles. The summed E-state index contributed by atoms with van der Waals surface area (Å²) in [5.74, 6) is -1.21. The van der Waals surface area contributed by atoms with Gasteiger partial charge in [0.05, 0.1) is 17.9 Å². The molecule has 1 aliphatic carbocycles. The molecule has 2 N–H and O–H groups in total. The Kier molecular flexibility index (Phi) is 3.88. The zero-order valence-corrected chi connectivity index (χ0v) is 12.6. The van der Waals surface area contributed by atoms with Gasteiger partial charge in [0.2, 0.25) is 0 Å². The van der Waals surface area contributed by atoms with E-state index in [0.717, 1.165) is 34.2 Å². The third kappa shape index (κ3) is 2.76. The summed E-state index contributed by atoms with van der Waals surface area (Å²) in [6.45, 7) is 2.73. The number of carbonyl (C=O) groups is 1. The molecule has 6 heteroatoms. The van der Waals surface area contributed by atoms with Crippen molar-refractivity contribution in [1.82, 2.24) is 9.97 Å². The Labute approximate surface area is 127 Å². The Morgan fingerprint density at radius 2 is 2.43 bits per heavy atom. The number of pyridine rings is 1. The van der Waals surface area contributed by atoms with Crippen LogP contribution in [-0.2, 0) is 24.2 Å². The van der Waals surface area contributed by atoms with Gasteiger partial charge in [-0.1, -0.05) is 13.0 Å². The highest BCUT2D eigenvalue weighted by Crippen LogP contribution is 2.38. The van der Waals surface area contributed by atoms with Crippen LogP contribution in [0.4, 0.5) is 5.13 Å². The highest BCUT2D eigenvalue weighted by Gasteiger charge is 2.32. The summed E-state index contributed by atoms with van der Waals surface area (Å²) >= 11 is 1.56. The van der Waals surface area contributed by atoms with Crippen LogP contribution >= 0.6 is 11.3 Å². The molecule has 2 aromatic rings. The normalized spacial score (nSPS) is 16.7. The molecule has 2 heterocycles. The second-order valence-electron chi connectivity index (χ2n) is 5.07. The number of aromatic nitrogens is 2. The molecule has 1 atom stereocenters. The Morgan fingerprint density at radius 3 is 3.19 bits per heavy atom. The van der Waals surface area contributed by atoms with E-state index in [1.165, 1.54) is 5.56 Å². The summed E-state index contributed by atoms with van der Waals surface area (Å²) < 4.78 is 0. The van der Waals surface area contributed by atoms with Gasteiger partial charge in [-0.3, -0.25) is 9.78 Å². The van der Waals surface area contributed by atoms with E-state index < -0.39 is 11.9 Å². The van der Waals surface area contributed by atoms with E-state index in [4.69, 9.17) is 0 Å². The first-order valence-electron chi connectivity index (χ1n) is 7.08. The third-order valence-corrected chi connectivity index (χ3v) is 4.88. The Balaban J connectivity index is 1.72. The van der Waals surface area contributed by atoms with E-state index in [1.54, 1.807) is 17.5 Å². The first-order chi connectivity index (χ1) is 10.2. The number of nitrogens with one attached hydrogen (secondary N) is 1. The summed E-state index contributed by atoms with van der Waals surface area (Å²) in [7, 11) is 0. The van der Waals surface area contributed by atoms with Gasteiger partial charge in [0.25, 0.3) is 0 Å². The van der Waals surface area contributed by atoms with E-state index in [9.17, 15) is 9.90 Å². The van der Waals surface area contributed by atoms with E-state index in [0.29, 0.717) is 13.0 Å². The van der Waals surface area contributed by atoms with Crippen molar-refractivity contribution in [3.8, 4) is 0 Å². The highest BCUT2D eigenvalue weighted by molar-refractivity contribution is 7.15. The summed E-state index contributed by atoms with van der Waals surface area (Å²) in [5.41, 5.74) is 2.98. The van der Waals surface area contributed by atoms with Crippen LogP contribution in [0.1, 0.15) is 41.1 Å². The van der Waals surface area contributed by atoms with Gasteiger partial charge in [-0.25, -0.2) is 4.98 Å². The Hall–Kier alpha value is -1.95. The number of fused-ring (bicyclic) bond motifs is 1. The molecule has 0 aromatic carbocycles. The van der Waals surface area contributed by atoms with Crippen LogP contribution in [0.2, 0.25) is 0 Å². The second-order valence-corrected chi connectivity index (χ2v) is 6.16. The number of thiazole rings is 1. The maximum atomic E-state index is 11.2. The zero-order chi connectivity index (χ0) is 14.8. The van der Waals surface area contributed by atoms with Gasteiger partial charge in [0, 0.05) is 11.1 Å². The van der Waals surface area contributed by atoms with E-state index in [1.807, 2.05) is 6.07 Å². The van der Waals surface area contributed by atoms with Gasteiger partial charge in [-0.15, -0.1) is 11.3 Å². The number of nitrogens with zero attached hydrogens (tertiary/aromatic N) is 2. The minimum atomic E-state index is -0.774. The zero-order valence-electron chi connectivity index (χ0n) is 11.8. The third-order valence-electron chi connectivity index (χ3n) is 3.79. The summed E-state index contributed by atoms with van der Waals surface area (Å²) in [6, 6.07) is 4.02. The van der Waals surface area contributed by atoms with Crippen LogP contribution in [0.3, 0.4) is 0 Å². The van der Waals surface area contributed by atoms with Crippen LogP contribution in [0.25, 0.3) is 0 Å². The summed E-state index contributed by atoms with van der Waals surface area (Å²) in [4.78, 5) is 21.1. The van der Waals surface area contributed by atoms with Gasteiger partial charge >= 0.3 is 5.97 Å². The van der Waals surface area contributed by atoms with Gasteiger partial charge in [0.1, 0.15) is 5.92 Å². The van der Waals surface area contributed by atoms with Crippen molar-refractivity contribution < 1.29 is 9.90 Å². The van der Waals surface area contributed by atoms with E-state index in [-0.39, 0.29) is 0 Å². The van der Waals surface area contributed by atoms with E-state index in [2.05, 4.69) is 28.3 Å². The van der Waals surface area contributed by atoms with Crippen molar-refractivity contribution in [2.75, 3.05) is 5.32 Å². The number of hydrogen-bond donors (Lipinski definition) is 2. The number of anilines is 1. The molecule has 0 fully saturated rings. The fourth-order valence-corrected chi connectivity index (χ4v) is 3.69. The van der Waals surface area contributed by atoms with Crippen LogP contribution in [0.15, 0.2) is 18.3 Å². The maximum Gasteiger partial charge on any atom is 0.312 e. The van der Waals surface area contributed by atoms with Crippen LogP contribution in [0.5, 0.6) is 0 Å². The van der Waals surface area contributed by atoms with Crippen molar-refractivity contribution in [3.05, 3.63) is 40.2 Å². The predicted octanol–water partition coefficient (Wildman–Crippen LogP) is 2.83. The first kappa shape index (κ1) is 14.0. The number of rotatable bonds is 5. The monoisotopic (exact) mass is 303 g/mol. The fourth-order valence-electron chi connectivity index (χ4n) is 2.65. The van der Waals surface area contributed by atoms with Crippen LogP contribution in [0, 0.1) is 0 Å². The molecule has 3 rings (SSSR count). The number of carboxylic acids is 1. The summed E-state index contributed by atoms with van der Waals surface area (Å²) in [5, 5.41) is 13.2. The number of aliphatic carboxylic acids is 1. The topological polar surface area (TPSA) is 75.1 Å². The van der Waals surface area contributed by atoms with Gasteiger partial charge in [0.15, 0.2) is 5.13 Å². The molecule has 0 aliphatic heterocycles. The molecule has 1 unspecified atom stereocenters. The second kappa shape index (κ2) is 5.81. The number of hydrogen-bond acceptors (Lipinski definition) is 5. The minimum Gasteiger partial charge on any atom is -0.481 e. The molecule has 0 spiro atoms. The molecule has 0 radical (unpaired) electrons. The number of carboxylic acid groups (broad SMARTS) is 1. The Bertz CT molecular complexity index is 669. The summed E-state index contributed by atoms with van der Waals surface area (Å²) in [6.07, 6.45) is 4.22. The largest absolute Gasteiger partial charge is 0.481 e. The maximum absolute atomic E-state index is 11.2. The average molecular weight is 303 g/mol. The van der Waals surface area contributed by atoms with Crippen molar-refractivity contribution in [2.45, 2.75) is 38.6 Å². The molecule has 5 nitrogen and oxygen atoms in total. The lowest BCUT2D eigenvalue weighted by Gasteiger charge is -2.07. The standard InChI is InChI=1S/C15H17N3O2S/c1-2-9-4-3-7-16-11(9)8-17-15-18-13-10(14(19)20)5-6-12(13)21-15/h3-4,7,10H,2,5-6,8H2,1H3,(H,17,18)(H,19,20). The van der Waals surface area contributed by atoms with Crippen LogP contribution < -0.4 is 5.32 Å². The Morgan fingerprint density at radius 1 is 1.57 bits per heavy atom. The lowest BCUT2D eigenvalue weighted by atomic mass is 10.1. The lowest BCUT2D eigenvalue weighted by molar-refractivity contribution is -0.138. The SMILES string of the molecule is CCc1cccnc1CNc1nc2c(s1)CCC2C(=O)O. The first-order valence-corrected chi connectivity index (χ1v) is 7.89. The van der Waals surface area contributed by atoms with Crippen molar-refractivity contribution in [3.63, 3.8) is 0 Å². The minimum absolute atomic E-state index is 0.437. The van der Waals surface area contributed by atoms with Crippen molar-refractivity contribution in [1.29, 1.82) is 0 Å². The fraction of sp³-hybridized carbons (Fsp3) is 0.400. The predicted molar refractivity (Wildman–Crippen MR) is 81.8 cm³/mol. The molecule has 1 aliphatic rings. The van der Waals surface area contributed by atoms with E-state index >= 15 is 0 Å². The molecule has 0 amide bonds. The van der Waals surface area contributed by atoms with Gasteiger partial charge in [-0.2, -0.15) is 0 Å². The van der Waals surface area contributed by atoms with Gasteiger partial charge < -0.3 is 10.4 Å². The molecule has 2 aromatic heterocycles. The van der Waals surface area contributed by atoms with Crippen molar-refractivity contribution >= 4 is 22.4 Å². The quantitative estimate of drug-likeness (QED) is 0.888. The molecule has 110 valence electrons. The van der Waals surface area contributed by atoms with Crippen molar-refractivity contribution in [2.24, 2.45) is 0 Å². The van der Waals surface area contributed by atoms with Gasteiger partial charge in [-0.05, 0) is 30.9 Å². The average Bonchev–Trinajstić information content (AvgIpc) is 3.04. The lowest BCUT2D eigenvalue weighted by Crippen LogP contribution is -2.09.